The third-order valence-electron chi connectivity index (χ3n) is 2.65. The van der Waals surface area contributed by atoms with Crippen LogP contribution in [0, 0.1) is 6.92 Å². The van der Waals surface area contributed by atoms with Crippen LogP contribution in [0.5, 0.6) is 0 Å². The predicted octanol–water partition coefficient (Wildman–Crippen LogP) is 2.69. The molecular formula is C13H18O2. The smallest absolute Gasteiger partial charge is 0.163 e. The maximum Gasteiger partial charge on any atom is 0.163 e. The molecule has 15 heavy (non-hydrogen) atoms. The van der Waals surface area contributed by atoms with Crippen molar-refractivity contribution >= 4 is 0 Å². The van der Waals surface area contributed by atoms with E-state index in [0.717, 1.165) is 6.42 Å². The van der Waals surface area contributed by atoms with Crippen LogP contribution in [0.4, 0.5) is 0 Å². The first kappa shape index (κ1) is 10.7. The van der Waals surface area contributed by atoms with Gasteiger partial charge in [-0.1, -0.05) is 29.8 Å². The van der Waals surface area contributed by atoms with Crippen LogP contribution in [0.25, 0.3) is 0 Å². The minimum atomic E-state index is -0.407. The van der Waals surface area contributed by atoms with Crippen molar-refractivity contribution in [2.75, 3.05) is 6.61 Å². The van der Waals surface area contributed by atoms with Crippen LogP contribution in [0.1, 0.15) is 25.0 Å². The third-order valence-corrected chi connectivity index (χ3v) is 2.65. The summed E-state index contributed by atoms with van der Waals surface area (Å²) >= 11 is 0. The molecule has 1 heterocycles. The second kappa shape index (κ2) is 3.95. The number of hydrogen-bond acceptors (Lipinski definition) is 2. The second-order valence-corrected chi connectivity index (χ2v) is 4.64. The maximum atomic E-state index is 5.76. The Hall–Kier alpha value is -0.860. The summed E-state index contributed by atoms with van der Waals surface area (Å²) in [6.45, 7) is 6.72. The van der Waals surface area contributed by atoms with Crippen LogP contribution >= 0.6 is 0 Å². The standard InChI is InChI=1S/C13H18O2/c1-10-4-6-11(7-5-10)8-12-9-14-13(2,3)15-12/h4-7,12H,8-9H2,1-3H3/t12-/m0/s1. The Balaban J connectivity index is 1.96. The zero-order chi connectivity index (χ0) is 10.9. The molecule has 1 aromatic carbocycles. The first-order valence-electron chi connectivity index (χ1n) is 5.42. The quantitative estimate of drug-likeness (QED) is 0.740. The van der Waals surface area contributed by atoms with E-state index in [0.29, 0.717) is 6.61 Å². The fourth-order valence-corrected chi connectivity index (χ4v) is 1.85. The van der Waals surface area contributed by atoms with Gasteiger partial charge in [-0.2, -0.15) is 0 Å². The monoisotopic (exact) mass is 206 g/mol. The highest BCUT2D eigenvalue weighted by atomic mass is 16.7. The summed E-state index contributed by atoms with van der Waals surface area (Å²) in [5.74, 6) is -0.407. The van der Waals surface area contributed by atoms with Crippen molar-refractivity contribution in [1.82, 2.24) is 0 Å². The maximum absolute atomic E-state index is 5.76. The molecule has 0 bridgehead atoms. The first-order valence-corrected chi connectivity index (χ1v) is 5.42. The van der Waals surface area contributed by atoms with Gasteiger partial charge in [0.2, 0.25) is 0 Å². The summed E-state index contributed by atoms with van der Waals surface area (Å²) in [4.78, 5) is 0. The van der Waals surface area contributed by atoms with Gasteiger partial charge in [-0.15, -0.1) is 0 Å². The van der Waals surface area contributed by atoms with E-state index < -0.39 is 5.79 Å². The van der Waals surface area contributed by atoms with Crippen molar-refractivity contribution in [1.29, 1.82) is 0 Å². The van der Waals surface area contributed by atoms with Gasteiger partial charge in [0.05, 0.1) is 12.7 Å². The molecule has 1 aliphatic heterocycles. The molecule has 0 N–H and O–H groups in total. The zero-order valence-electron chi connectivity index (χ0n) is 9.62. The van der Waals surface area contributed by atoms with E-state index in [4.69, 9.17) is 9.47 Å². The van der Waals surface area contributed by atoms with E-state index >= 15 is 0 Å². The van der Waals surface area contributed by atoms with Crippen LogP contribution in [-0.4, -0.2) is 18.5 Å². The molecule has 1 fully saturated rings. The molecular weight excluding hydrogens is 188 g/mol. The molecule has 0 radical (unpaired) electrons. The molecule has 2 heteroatoms. The van der Waals surface area contributed by atoms with Crippen LogP contribution in [0.2, 0.25) is 0 Å². The molecule has 1 saturated heterocycles. The van der Waals surface area contributed by atoms with Crippen LogP contribution < -0.4 is 0 Å². The van der Waals surface area contributed by atoms with Crippen LogP contribution in [0.3, 0.4) is 0 Å². The lowest BCUT2D eigenvalue weighted by Crippen LogP contribution is -2.22. The first-order chi connectivity index (χ1) is 7.05. The van der Waals surface area contributed by atoms with Gasteiger partial charge in [-0.3, -0.25) is 0 Å². The number of hydrogen-bond donors (Lipinski definition) is 0. The largest absolute Gasteiger partial charge is 0.348 e. The number of benzene rings is 1. The molecule has 1 aliphatic rings. The van der Waals surface area contributed by atoms with E-state index in [2.05, 4.69) is 31.2 Å². The second-order valence-electron chi connectivity index (χ2n) is 4.64. The summed E-state index contributed by atoms with van der Waals surface area (Å²) < 4.78 is 11.3. The normalized spacial score (nSPS) is 24.3. The van der Waals surface area contributed by atoms with Gasteiger partial charge in [0.1, 0.15) is 0 Å². The summed E-state index contributed by atoms with van der Waals surface area (Å²) in [6.07, 6.45) is 1.13. The molecule has 1 atom stereocenters. The molecule has 82 valence electrons. The van der Waals surface area contributed by atoms with Crippen LogP contribution in [0.15, 0.2) is 24.3 Å². The van der Waals surface area contributed by atoms with E-state index in [1.165, 1.54) is 11.1 Å². The van der Waals surface area contributed by atoms with Gasteiger partial charge >= 0.3 is 0 Å². The van der Waals surface area contributed by atoms with Crippen molar-refractivity contribution in [3.63, 3.8) is 0 Å². The van der Waals surface area contributed by atoms with Gasteiger partial charge in [0, 0.05) is 6.42 Å². The van der Waals surface area contributed by atoms with Crippen molar-refractivity contribution in [2.24, 2.45) is 0 Å². The van der Waals surface area contributed by atoms with Crippen molar-refractivity contribution in [3.8, 4) is 0 Å². The highest BCUT2D eigenvalue weighted by molar-refractivity contribution is 5.21. The van der Waals surface area contributed by atoms with Gasteiger partial charge in [0.15, 0.2) is 5.79 Å². The summed E-state index contributed by atoms with van der Waals surface area (Å²) in [5, 5.41) is 0. The number of rotatable bonds is 2. The molecule has 2 rings (SSSR count). The Morgan fingerprint density at radius 3 is 2.47 bits per heavy atom. The molecule has 2 nitrogen and oxygen atoms in total. The fraction of sp³-hybridized carbons (Fsp3) is 0.538. The predicted molar refractivity (Wildman–Crippen MR) is 59.8 cm³/mol. The topological polar surface area (TPSA) is 18.5 Å². The van der Waals surface area contributed by atoms with E-state index in [1.807, 2.05) is 13.8 Å². The van der Waals surface area contributed by atoms with Crippen molar-refractivity contribution in [2.45, 2.75) is 39.1 Å². The Morgan fingerprint density at radius 1 is 1.27 bits per heavy atom. The molecule has 0 aromatic heterocycles. The minimum absolute atomic E-state index is 0.197. The Bertz CT molecular complexity index is 327. The molecule has 1 aromatic rings. The molecule has 0 spiro atoms. The van der Waals surface area contributed by atoms with E-state index in [1.54, 1.807) is 0 Å². The average molecular weight is 206 g/mol. The van der Waals surface area contributed by atoms with Crippen molar-refractivity contribution in [3.05, 3.63) is 35.4 Å². The van der Waals surface area contributed by atoms with Gasteiger partial charge < -0.3 is 9.47 Å². The van der Waals surface area contributed by atoms with Crippen molar-refractivity contribution < 1.29 is 9.47 Å². The summed E-state index contributed by atoms with van der Waals surface area (Å²) in [7, 11) is 0. The SMILES string of the molecule is Cc1ccc(C[C@H]2COC(C)(C)O2)cc1. The molecule has 0 saturated carbocycles. The molecule has 0 unspecified atom stereocenters. The van der Waals surface area contributed by atoms with Crippen LogP contribution in [-0.2, 0) is 15.9 Å². The highest BCUT2D eigenvalue weighted by Crippen LogP contribution is 2.24. The van der Waals surface area contributed by atoms with Gasteiger partial charge in [-0.25, -0.2) is 0 Å². The Morgan fingerprint density at radius 2 is 1.93 bits per heavy atom. The van der Waals surface area contributed by atoms with E-state index in [-0.39, 0.29) is 6.10 Å². The summed E-state index contributed by atoms with van der Waals surface area (Å²) in [6, 6.07) is 8.58. The third kappa shape index (κ3) is 2.80. The van der Waals surface area contributed by atoms with Gasteiger partial charge in [0.25, 0.3) is 0 Å². The average Bonchev–Trinajstić information content (AvgIpc) is 2.50. The number of ether oxygens (including phenoxy) is 2. The zero-order valence-corrected chi connectivity index (χ0v) is 9.62. The number of aryl methyl sites for hydroxylation is 1. The lowest BCUT2D eigenvalue weighted by molar-refractivity contribution is -0.138. The molecule has 0 aliphatic carbocycles. The molecule has 0 amide bonds. The van der Waals surface area contributed by atoms with E-state index in [9.17, 15) is 0 Å². The highest BCUT2D eigenvalue weighted by Gasteiger charge is 2.32. The van der Waals surface area contributed by atoms with Gasteiger partial charge in [-0.05, 0) is 26.3 Å². The Labute approximate surface area is 91.2 Å². The minimum Gasteiger partial charge on any atom is -0.348 e. The summed E-state index contributed by atoms with van der Waals surface area (Å²) in [5.41, 5.74) is 2.61. The fourth-order valence-electron chi connectivity index (χ4n) is 1.85. The Kier molecular flexibility index (Phi) is 2.81. The lowest BCUT2D eigenvalue weighted by atomic mass is 10.1. The lowest BCUT2D eigenvalue weighted by Gasteiger charge is -2.17.